The monoisotopic (exact) mass is 510 g/mol. The van der Waals surface area contributed by atoms with E-state index >= 15 is 0 Å². The topological polar surface area (TPSA) is 60.3 Å². The fourth-order valence-corrected chi connectivity index (χ4v) is 4.77. The lowest BCUT2D eigenvalue weighted by Crippen LogP contribution is -2.26. The summed E-state index contributed by atoms with van der Waals surface area (Å²) in [6, 6.07) is 22.1. The largest absolute Gasteiger partial charge is 0.483 e. The van der Waals surface area contributed by atoms with E-state index < -0.39 is 6.10 Å². The Bertz CT molecular complexity index is 1460. The number of carbonyl (C=O) groups is 2. The van der Waals surface area contributed by atoms with Gasteiger partial charge in [0, 0.05) is 28.7 Å². The number of nitrogens with one attached hydrogen (secondary N) is 1. The molecule has 1 heterocycles. The normalized spacial score (nSPS) is 13.2. The molecule has 0 radical (unpaired) electrons. The minimum Gasteiger partial charge on any atom is -0.483 e. The predicted octanol–water partition coefficient (Wildman–Crippen LogP) is 7.06. The summed E-state index contributed by atoms with van der Waals surface area (Å²) in [6.07, 6.45) is 0.299. The van der Waals surface area contributed by atoms with E-state index in [2.05, 4.69) is 74.8 Å². The average molecular weight is 511 g/mol. The van der Waals surface area contributed by atoms with E-state index in [0.29, 0.717) is 17.9 Å². The molecule has 0 bridgehead atoms. The summed E-state index contributed by atoms with van der Waals surface area (Å²) in [5, 5.41) is 4.23. The second-order valence-corrected chi connectivity index (χ2v) is 11.2. The quantitative estimate of drug-likeness (QED) is 0.258. The van der Waals surface area contributed by atoms with Crippen LogP contribution in [0.25, 0.3) is 10.9 Å². The van der Waals surface area contributed by atoms with Gasteiger partial charge in [-0.15, -0.1) is 0 Å². The fourth-order valence-electron chi connectivity index (χ4n) is 4.77. The molecule has 38 heavy (non-hydrogen) atoms. The SMILES string of the molecule is Cc1c(C)n(Cc2cccc(O[C@@H](C)C=O)c2)c2ccc(C(=O)N[C@@H](C)c3ccc(C(C)(C)C)cc3)cc12. The van der Waals surface area contributed by atoms with Crippen molar-refractivity contribution in [1.29, 1.82) is 0 Å². The minimum absolute atomic E-state index is 0.0850. The number of fused-ring (bicyclic) bond motifs is 1. The highest BCUT2D eigenvalue weighted by Crippen LogP contribution is 2.29. The van der Waals surface area contributed by atoms with Gasteiger partial charge < -0.3 is 14.6 Å². The van der Waals surface area contributed by atoms with Gasteiger partial charge in [0.1, 0.15) is 5.75 Å². The Morgan fingerprint density at radius 3 is 2.37 bits per heavy atom. The van der Waals surface area contributed by atoms with Crippen LogP contribution in [0.15, 0.2) is 66.7 Å². The van der Waals surface area contributed by atoms with Crippen molar-refractivity contribution in [2.75, 3.05) is 0 Å². The van der Waals surface area contributed by atoms with Crippen LogP contribution in [0.5, 0.6) is 5.75 Å². The number of nitrogens with zero attached hydrogens (tertiary/aromatic N) is 1. The van der Waals surface area contributed by atoms with Crippen LogP contribution >= 0.6 is 0 Å². The molecule has 5 heteroatoms. The predicted molar refractivity (Wildman–Crippen MR) is 154 cm³/mol. The number of aromatic nitrogens is 1. The molecule has 0 fully saturated rings. The van der Waals surface area contributed by atoms with E-state index in [-0.39, 0.29) is 17.4 Å². The van der Waals surface area contributed by atoms with E-state index in [0.717, 1.165) is 39.6 Å². The molecule has 0 aliphatic rings. The Morgan fingerprint density at radius 2 is 1.71 bits per heavy atom. The highest BCUT2D eigenvalue weighted by Gasteiger charge is 2.18. The molecule has 3 aromatic carbocycles. The zero-order valence-electron chi connectivity index (χ0n) is 23.5. The van der Waals surface area contributed by atoms with Crippen LogP contribution in [0.2, 0.25) is 0 Å². The van der Waals surface area contributed by atoms with E-state index in [1.54, 1.807) is 6.92 Å². The second-order valence-electron chi connectivity index (χ2n) is 11.2. The van der Waals surface area contributed by atoms with Crippen LogP contribution < -0.4 is 10.1 Å². The third kappa shape index (κ3) is 5.83. The Kier molecular flexibility index (Phi) is 7.77. The summed E-state index contributed by atoms with van der Waals surface area (Å²) in [4.78, 5) is 24.2. The molecule has 5 nitrogen and oxygen atoms in total. The van der Waals surface area contributed by atoms with Gasteiger partial charge in [-0.05, 0) is 85.7 Å². The van der Waals surface area contributed by atoms with Crippen molar-refractivity contribution in [1.82, 2.24) is 9.88 Å². The zero-order chi connectivity index (χ0) is 27.6. The first-order valence-corrected chi connectivity index (χ1v) is 13.2. The Balaban J connectivity index is 1.54. The van der Waals surface area contributed by atoms with Gasteiger partial charge in [0.15, 0.2) is 12.4 Å². The number of hydrogen-bond donors (Lipinski definition) is 1. The number of hydrogen-bond acceptors (Lipinski definition) is 3. The van der Waals surface area contributed by atoms with Crippen molar-refractivity contribution in [2.24, 2.45) is 0 Å². The Labute approximate surface area is 225 Å². The number of aldehydes is 1. The lowest BCUT2D eigenvalue weighted by molar-refractivity contribution is -0.113. The molecule has 0 aliphatic carbocycles. The molecule has 0 saturated carbocycles. The minimum atomic E-state index is -0.489. The molecule has 198 valence electrons. The number of rotatable bonds is 8. The summed E-state index contributed by atoms with van der Waals surface area (Å²) in [7, 11) is 0. The number of benzene rings is 3. The number of ether oxygens (including phenoxy) is 1. The highest BCUT2D eigenvalue weighted by molar-refractivity contribution is 5.99. The van der Waals surface area contributed by atoms with E-state index in [9.17, 15) is 9.59 Å². The van der Waals surface area contributed by atoms with Gasteiger partial charge in [0.05, 0.1) is 6.04 Å². The first-order chi connectivity index (χ1) is 18.0. The van der Waals surface area contributed by atoms with Crippen LogP contribution in [0.3, 0.4) is 0 Å². The fraction of sp³-hybridized carbons (Fsp3) is 0.333. The summed E-state index contributed by atoms with van der Waals surface area (Å²) in [6.45, 7) is 15.2. The van der Waals surface area contributed by atoms with Crippen LogP contribution in [0, 0.1) is 13.8 Å². The molecule has 2 atom stereocenters. The highest BCUT2D eigenvalue weighted by atomic mass is 16.5. The van der Waals surface area contributed by atoms with E-state index in [4.69, 9.17) is 4.74 Å². The van der Waals surface area contributed by atoms with Gasteiger partial charge in [-0.1, -0.05) is 57.2 Å². The van der Waals surface area contributed by atoms with Crippen molar-refractivity contribution in [3.05, 3.63) is 100 Å². The van der Waals surface area contributed by atoms with Crippen molar-refractivity contribution in [3.8, 4) is 5.75 Å². The summed E-state index contributed by atoms with van der Waals surface area (Å²) >= 11 is 0. The standard InChI is InChI=1S/C33H38N2O3/c1-21(20-36)38-29-10-8-9-25(17-29)19-35-24(4)22(2)30-18-27(13-16-31(30)35)32(37)34-23(3)26-11-14-28(15-12-26)33(5,6)7/h8-18,20-21,23H,19H2,1-7H3,(H,34,37)/t21-,23-/m0/s1. The lowest BCUT2D eigenvalue weighted by Gasteiger charge is -2.21. The van der Waals surface area contributed by atoms with Gasteiger partial charge in [0.25, 0.3) is 5.91 Å². The second kappa shape index (κ2) is 10.9. The van der Waals surface area contributed by atoms with Gasteiger partial charge in [0.2, 0.25) is 0 Å². The maximum atomic E-state index is 13.2. The summed E-state index contributed by atoms with van der Waals surface area (Å²) in [5.74, 6) is 0.590. The smallest absolute Gasteiger partial charge is 0.251 e. The molecule has 0 unspecified atom stereocenters. The van der Waals surface area contributed by atoms with Gasteiger partial charge in [-0.3, -0.25) is 9.59 Å². The third-order valence-corrected chi connectivity index (χ3v) is 7.28. The molecule has 0 spiro atoms. The van der Waals surface area contributed by atoms with Crippen LogP contribution in [0.4, 0.5) is 0 Å². The number of carbonyl (C=O) groups excluding carboxylic acids is 2. The molecule has 4 rings (SSSR count). The average Bonchev–Trinajstić information content (AvgIpc) is 3.12. The van der Waals surface area contributed by atoms with Crippen molar-refractivity contribution in [3.63, 3.8) is 0 Å². The van der Waals surface area contributed by atoms with E-state index in [1.165, 1.54) is 5.56 Å². The van der Waals surface area contributed by atoms with Crippen molar-refractivity contribution < 1.29 is 14.3 Å². The summed E-state index contributed by atoms with van der Waals surface area (Å²) < 4.78 is 7.93. The maximum absolute atomic E-state index is 13.2. The maximum Gasteiger partial charge on any atom is 0.251 e. The molecule has 1 aromatic heterocycles. The molecular formula is C33H38N2O3. The number of aryl methyl sites for hydroxylation is 1. The van der Waals surface area contributed by atoms with Gasteiger partial charge >= 0.3 is 0 Å². The van der Waals surface area contributed by atoms with Crippen LogP contribution in [0.1, 0.15) is 79.0 Å². The first kappa shape index (κ1) is 27.2. The van der Waals surface area contributed by atoms with Crippen LogP contribution in [-0.4, -0.2) is 22.9 Å². The van der Waals surface area contributed by atoms with Crippen LogP contribution in [-0.2, 0) is 16.8 Å². The molecule has 1 amide bonds. The lowest BCUT2D eigenvalue weighted by atomic mass is 9.86. The molecule has 0 saturated heterocycles. The third-order valence-electron chi connectivity index (χ3n) is 7.28. The molecule has 1 N–H and O–H groups in total. The molecule has 4 aromatic rings. The van der Waals surface area contributed by atoms with Crippen molar-refractivity contribution in [2.45, 2.75) is 72.6 Å². The van der Waals surface area contributed by atoms with E-state index in [1.807, 2.05) is 43.3 Å². The van der Waals surface area contributed by atoms with Gasteiger partial charge in [-0.25, -0.2) is 0 Å². The Hall–Kier alpha value is -3.86. The number of amides is 1. The molecule has 0 aliphatic heterocycles. The zero-order valence-corrected chi connectivity index (χ0v) is 23.5. The summed E-state index contributed by atoms with van der Waals surface area (Å²) in [5.41, 5.74) is 7.56. The van der Waals surface area contributed by atoms with Crippen molar-refractivity contribution >= 4 is 23.1 Å². The first-order valence-electron chi connectivity index (χ1n) is 13.2. The molecular weight excluding hydrogens is 472 g/mol. The Morgan fingerprint density at radius 1 is 1.00 bits per heavy atom. The van der Waals surface area contributed by atoms with Gasteiger partial charge in [-0.2, -0.15) is 0 Å².